The number of amides is 1. The Labute approximate surface area is 176 Å². The predicted molar refractivity (Wildman–Crippen MR) is 121 cm³/mol. The van der Waals surface area contributed by atoms with Gasteiger partial charge in [-0.2, -0.15) is 0 Å². The third kappa shape index (κ3) is 14.8. The zero-order valence-corrected chi connectivity index (χ0v) is 17.7. The Morgan fingerprint density at radius 1 is 0.793 bits per heavy atom. The minimum Gasteiger partial charge on any atom is -0.508 e. The maximum absolute atomic E-state index is 11.8. The molecule has 1 aromatic rings. The van der Waals surface area contributed by atoms with Gasteiger partial charge in [0.15, 0.2) is 0 Å². The zero-order valence-electron chi connectivity index (χ0n) is 17.7. The molecule has 0 aliphatic rings. The summed E-state index contributed by atoms with van der Waals surface area (Å²) in [5.74, 6) is 18.6. The highest BCUT2D eigenvalue weighted by molar-refractivity contribution is 5.90. The van der Waals surface area contributed by atoms with E-state index in [1.165, 1.54) is 38.5 Å². The maximum atomic E-state index is 11.8. The number of nitrogens with one attached hydrogen (secondary N) is 1. The van der Waals surface area contributed by atoms with Gasteiger partial charge in [0.2, 0.25) is 5.91 Å². The first-order valence-corrected chi connectivity index (χ1v) is 10.7. The number of phenolic OH excluding ortho intramolecular Hbond substituents is 1. The fraction of sp³-hybridized carbons (Fsp3) is 0.500. The third-order valence-corrected chi connectivity index (χ3v) is 4.24. The molecule has 29 heavy (non-hydrogen) atoms. The quantitative estimate of drug-likeness (QED) is 0.290. The van der Waals surface area contributed by atoms with Gasteiger partial charge in [-0.05, 0) is 37.1 Å². The second-order valence-electron chi connectivity index (χ2n) is 6.88. The molecule has 0 aliphatic heterocycles. The molecule has 154 valence electrons. The van der Waals surface area contributed by atoms with Crippen LogP contribution in [0.2, 0.25) is 0 Å². The average molecular weight is 392 g/mol. The van der Waals surface area contributed by atoms with Crippen LogP contribution >= 0.6 is 0 Å². The Bertz CT molecular complexity index is 761. The second kappa shape index (κ2) is 17.3. The molecule has 0 saturated carbocycles. The molecule has 1 amide bonds. The van der Waals surface area contributed by atoms with Gasteiger partial charge >= 0.3 is 0 Å². The van der Waals surface area contributed by atoms with Crippen molar-refractivity contribution in [2.75, 3.05) is 5.32 Å². The molecular weight excluding hydrogens is 358 g/mol. The largest absolute Gasteiger partial charge is 0.508 e. The van der Waals surface area contributed by atoms with E-state index in [1.807, 2.05) is 0 Å². The topological polar surface area (TPSA) is 49.3 Å². The lowest BCUT2D eigenvalue weighted by atomic mass is 10.1. The van der Waals surface area contributed by atoms with Crippen molar-refractivity contribution < 1.29 is 9.90 Å². The Balaban J connectivity index is 2.01. The van der Waals surface area contributed by atoms with E-state index in [4.69, 9.17) is 0 Å². The molecule has 0 bridgehead atoms. The minimum absolute atomic E-state index is 0.0446. The Morgan fingerprint density at radius 3 is 2.00 bits per heavy atom. The first-order valence-electron chi connectivity index (χ1n) is 10.7. The van der Waals surface area contributed by atoms with E-state index in [9.17, 15) is 9.90 Å². The number of carbonyl (C=O) groups is 1. The second-order valence-corrected chi connectivity index (χ2v) is 6.88. The summed E-state index contributed by atoms with van der Waals surface area (Å²) in [7, 11) is 0. The van der Waals surface area contributed by atoms with Crippen molar-refractivity contribution in [2.24, 2.45) is 0 Å². The van der Waals surface area contributed by atoms with Gasteiger partial charge in [0.1, 0.15) is 5.75 Å². The van der Waals surface area contributed by atoms with E-state index < -0.39 is 0 Å². The van der Waals surface area contributed by atoms with E-state index in [0.29, 0.717) is 37.8 Å². The fourth-order valence-corrected chi connectivity index (χ4v) is 2.61. The predicted octanol–water partition coefficient (Wildman–Crippen LogP) is 6.04. The highest BCUT2D eigenvalue weighted by atomic mass is 16.3. The number of phenols is 1. The van der Waals surface area contributed by atoms with E-state index in [2.05, 4.69) is 47.8 Å². The molecule has 0 saturated heterocycles. The van der Waals surface area contributed by atoms with Crippen molar-refractivity contribution in [3.8, 4) is 41.3 Å². The van der Waals surface area contributed by atoms with Crippen molar-refractivity contribution in [1.29, 1.82) is 0 Å². The van der Waals surface area contributed by atoms with Gasteiger partial charge < -0.3 is 10.4 Å². The van der Waals surface area contributed by atoms with Crippen LogP contribution in [0.15, 0.2) is 24.3 Å². The number of hydrogen-bond acceptors (Lipinski definition) is 2. The Hall–Kier alpha value is -2.83. The molecule has 0 unspecified atom stereocenters. The van der Waals surface area contributed by atoms with Crippen molar-refractivity contribution >= 4 is 11.6 Å². The molecule has 2 N–H and O–H groups in total. The summed E-state index contributed by atoms with van der Waals surface area (Å²) < 4.78 is 0. The van der Waals surface area contributed by atoms with E-state index in [0.717, 1.165) is 6.42 Å². The number of hydrogen-bond donors (Lipinski definition) is 2. The average Bonchev–Trinajstić information content (AvgIpc) is 2.72. The van der Waals surface area contributed by atoms with Crippen LogP contribution in [0.25, 0.3) is 0 Å². The van der Waals surface area contributed by atoms with Crippen LogP contribution in [0.5, 0.6) is 5.75 Å². The summed E-state index contributed by atoms with van der Waals surface area (Å²) in [4.78, 5) is 11.8. The van der Waals surface area contributed by atoms with Crippen molar-refractivity contribution in [2.45, 2.75) is 84.0 Å². The molecule has 0 spiro atoms. The summed E-state index contributed by atoms with van der Waals surface area (Å²) >= 11 is 0. The molecule has 0 heterocycles. The van der Waals surface area contributed by atoms with Gasteiger partial charge in [-0.25, -0.2) is 0 Å². The third-order valence-electron chi connectivity index (χ3n) is 4.24. The Kier molecular flexibility index (Phi) is 14.4. The van der Waals surface area contributed by atoms with Gasteiger partial charge in [0.25, 0.3) is 0 Å². The standard InChI is InChI=1S/C26H33NO2/c1-2-3-4-5-6-7-8-9-10-11-12-13-14-15-16-17-18-19-26(29)27-24-20-22-25(28)23-21-24/h20-23,28H,2-8,11,14,17-19H2,1H3,(H,27,29). The van der Waals surface area contributed by atoms with Gasteiger partial charge in [0, 0.05) is 24.9 Å². The minimum atomic E-state index is -0.0446. The molecule has 0 radical (unpaired) electrons. The van der Waals surface area contributed by atoms with Crippen LogP contribution in [0.4, 0.5) is 5.69 Å². The lowest BCUT2D eigenvalue weighted by Crippen LogP contribution is -2.10. The monoisotopic (exact) mass is 391 g/mol. The molecule has 3 nitrogen and oxygen atoms in total. The molecule has 0 fully saturated rings. The summed E-state index contributed by atoms with van der Waals surface area (Å²) in [5, 5.41) is 12.0. The van der Waals surface area contributed by atoms with Gasteiger partial charge in [-0.15, -0.1) is 11.8 Å². The van der Waals surface area contributed by atoms with Crippen LogP contribution in [0, 0.1) is 35.5 Å². The first kappa shape index (κ1) is 24.2. The lowest BCUT2D eigenvalue weighted by molar-refractivity contribution is -0.116. The van der Waals surface area contributed by atoms with Crippen LogP contribution in [0.3, 0.4) is 0 Å². The van der Waals surface area contributed by atoms with E-state index >= 15 is 0 Å². The van der Waals surface area contributed by atoms with E-state index in [-0.39, 0.29) is 11.7 Å². The van der Waals surface area contributed by atoms with Crippen LogP contribution < -0.4 is 5.32 Å². The first-order chi connectivity index (χ1) is 14.2. The molecule has 1 aromatic carbocycles. The molecule has 0 aliphatic carbocycles. The normalized spacial score (nSPS) is 9.28. The van der Waals surface area contributed by atoms with Crippen LogP contribution in [0.1, 0.15) is 84.0 Å². The van der Waals surface area contributed by atoms with Crippen molar-refractivity contribution in [3.63, 3.8) is 0 Å². The molecule has 0 atom stereocenters. The number of benzene rings is 1. The van der Waals surface area contributed by atoms with E-state index in [1.54, 1.807) is 24.3 Å². The summed E-state index contributed by atoms with van der Waals surface area (Å²) in [6.45, 7) is 2.24. The number of carbonyl (C=O) groups excluding carboxylic acids is 1. The number of aromatic hydroxyl groups is 1. The number of rotatable bonds is 10. The molecule has 0 aromatic heterocycles. The number of unbranched alkanes of at least 4 members (excludes halogenated alkanes) is 7. The lowest BCUT2D eigenvalue weighted by Gasteiger charge is -2.04. The fourth-order valence-electron chi connectivity index (χ4n) is 2.61. The maximum Gasteiger partial charge on any atom is 0.224 e. The SMILES string of the molecule is CCCCCCCCC#CCC#CCC#CCCCC(=O)Nc1ccc(O)cc1. The molecule has 1 rings (SSSR count). The number of anilines is 1. The van der Waals surface area contributed by atoms with Gasteiger partial charge in [-0.3, -0.25) is 4.79 Å². The van der Waals surface area contributed by atoms with Gasteiger partial charge in [0.05, 0.1) is 12.8 Å². The molecular formula is C26H33NO2. The highest BCUT2D eigenvalue weighted by Gasteiger charge is 2.01. The van der Waals surface area contributed by atoms with Crippen molar-refractivity contribution in [3.05, 3.63) is 24.3 Å². The smallest absolute Gasteiger partial charge is 0.224 e. The summed E-state index contributed by atoms with van der Waals surface area (Å²) in [6.07, 6.45) is 11.8. The van der Waals surface area contributed by atoms with Crippen LogP contribution in [-0.2, 0) is 4.79 Å². The summed E-state index contributed by atoms with van der Waals surface area (Å²) in [6, 6.07) is 6.43. The van der Waals surface area contributed by atoms with Crippen LogP contribution in [-0.4, -0.2) is 11.0 Å². The molecule has 3 heteroatoms. The van der Waals surface area contributed by atoms with Gasteiger partial charge in [-0.1, -0.05) is 62.7 Å². The summed E-state index contributed by atoms with van der Waals surface area (Å²) in [5.41, 5.74) is 0.684. The highest BCUT2D eigenvalue weighted by Crippen LogP contribution is 2.14. The zero-order chi connectivity index (χ0) is 21.0. The Morgan fingerprint density at radius 2 is 1.34 bits per heavy atom. The van der Waals surface area contributed by atoms with Crippen molar-refractivity contribution in [1.82, 2.24) is 0 Å².